The molecule has 0 bridgehead atoms. The molecule has 1 amide bonds. The van der Waals surface area contributed by atoms with Crippen LogP contribution in [-0.4, -0.2) is 64.2 Å². The Labute approximate surface area is 225 Å². The van der Waals surface area contributed by atoms with Crippen LogP contribution in [0.15, 0.2) is 24.5 Å². The van der Waals surface area contributed by atoms with Crippen LogP contribution < -0.4 is 19.7 Å². The Morgan fingerprint density at radius 1 is 1.28 bits per heavy atom. The van der Waals surface area contributed by atoms with Crippen molar-refractivity contribution in [1.82, 2.24) is 19.9 Å². The number of hydrogen-bond donors (Lipinski definition) is 1. The van der Waals surface area contributed by atoms with Crippen LogP contribution in [0.1, 0.15) is 56.1 Å². The van der Waals surface area contributed by atoms with Crippen molar-refractivity contribution >= 4 is 23.5 Å². The maximum Gasteiger partial charge on any atom is 0.407 e. The van der Waals surface area contributed by atoms with Crippen molar-refractivity contribution in [2.45, 2.75) is 65.3 Å². The van der Waals surface area contributed by atoms with Gasteiger partial charge in [-0.1, -0.05) is 0 Å². The molecule has 0 spiro atoms. The largest absolute Gasteiger partial charge is 0.488 e. The Morgan fingerprint density at radius 3 is 2.82 bits per heavy atom. The molecule has 11 nitrogen and oxygen atoms in total. The fourth-order valence-electron chi connectivity index (χ4n) is 4.68. The van der Waals surface area contributed by atoms with Gasteiger partial charge in [-0.05, 0) is 46.8 Å². The Bertz CT molecular complexity index is 1420. The summed E-state index contributed by atoms with van der Waals surface area (Å²) in [5.41, 5.74) is 1.34. The van der Waals surface area contributed by atoms with E-state index in [0.717, 1.165) is 5.56 Å². The summed E-state index contributed by atoms with van der Waals surface area (Å²) in [5, 5.41) is 6.95. The maximum absolute atomic E-state index is 14.7. The van der Waals surface area contributed by atoms with Crippen molar-refractivity contribution < 1.29 is 32.9 Å². The summed E-state index contributed by atoms with van der Waals surface area (Å²) in [6.45, 7) is 10.2. The van der Waals surface area contributed by atoms with Gasteiger partial charge in [0.25, 0.3) is 0 Å². The van der Waals surface area contributed by atoms with E-state index in [2.05, 4.69) is 10.4 Å². The molecular weight excluding hydrogens is 509 g/mol. The number of nitrogens with zero attached hydrogens (tertiary/aromatic N) is 4. The van der Waals surface area contributed by atoms with Crippen LogP contribution in [0.25, 0.3) is 5.65 Å². The Balaban J connectivity index is 1.40. The van der Waals surface area contributed by atoms with Gasteiger partial charge in [0, 0.05) is 24.1 Å². The number of carbonyl (C=O) groups is 2. The summed E-state index contributed by atoms with van der Waals surface area (Å²) in [6, 6.07) is 2.81. The number of halogens is 1. The van der Waals surface area contributed by atoms with E-state index in [-0.39, 0.29) is 43.2 Å². The lowest BCUT2D eigenvalue weighted by atomic mass is 10.0. The number of rotatable bonds is 6. The fourth-order valence-corrected chi connectivity index (χ4v) is 4.68. The maximum atomic E-state index is 14.7. The molecule has 5 rings (SSSR count). The molecule has 12 heteroatoms. The molecule has 0 fully saturated rings. The molecule has 0 aliphatic carbocycles. The van der Waals surface area contributed by atoms with Crippen molar-refractivity contribution in [2.75, 3.05) is 24.7 Å². The summed E-state index contributed by atoms with van der Waals surface area (Å²) < 4.78 is 38.7. The molecule has 0 radical (unpaired) electrons. The minimum Gasteiger partial charge on any atom is -0.488 e. The van der Waals surface area contributed by atoms with Gasteiger partial charge >= 0.3 is 12.1 Å². The third-order valence-electron chi connectivity index (χ3n) is 6.37. The number of fused-ring (bicyclic) bond motifs is 3. The molecule has 3 aromatic rings. The monoisotopic (exact) mass is 541 g/mol. The first-order valence-corrected chi connectivity index (χ1v) is 12.9. The molecule has 4 heterocycles. The lowest BCUT2D eigenvalue weighted by Crippen LogP contribution is -2.41. The van der Waals surface area contributed by atoms with Crippen molar-refractivity contribution in [1.29, 1.82) is 0 Å². The second kappa shape index (κ2) is 10.2. The quantitative estimate of drug-likeness (QED) is 0.467. The van der Waals surface area contributed by atoms with Crippen LogP contribution >= 0.6 is 0 Å². The van der Waals surface area contributed by atoms with Crippen LogP contribution in [0.3, 0.4) is 0 Å². The van der Waals surface area contributed by atoms with Crippen LogP contribution in [0.5, 0.6) is 11.5 Å². The SMILES string of the molecule is CCOC(=O)c1cnn2cc3c(nc12)N(Cc1cc(F)cc2c1OC(CNC(=O)OC(C)(C)C)C2)[C@H](C)CO3. The number of aromatic nitrogens is 3. The number of alkyl carbamates (subject to hydrolysis) is 1. The smallest absolute Gasteiger partial charge is 0.407 e. The van der Waals surface area contributed by atoms with Crippen molar-refractivity contribution in [3.05, 3.63) is 47.0 Å². The normalized spacial score (nSPS) is 18.2. The Kier molecular flexibility index (Phi) is 6.96. The molecule has 2 aromatic heterocycles. The van der Waals surface area contributed by atoms with Gasteiger partial charge in [-0.3, -0.25) is 0 Å². The fraction of sp³-hybridized carbons (Fsp3) is 0.481. The molecule has 0 saturated carbocycles. The number of hydrogen-bond acceptors (Lipinski definition) is 9. The second-order valence-electron chi connectivity index (χ2n) is 10.6. The van der Waals surface area contributed by atoms with E-state index in [1.54, 1.807) is 33.9 Å². The zero-order chi connectivity index (χ0) is 27.9. The van der Waals surface area contributed by atoms with Crippen LogP contribution in [-0.2, 0) is 22.4 Å². The van der Waals surface area contributed by atoms with Gasteiger partial charge in [0.05, 0.1) is 31.6 Å². The van der Waals surface area contributed by atoms with Crippen molar-refractivity contribution in [3.8, 4) is 11.5 Å². The molecule has 39 heavy (non-hydrogen) atoms. The first-order chi connectivity index (χ1) is 18.5. The number of anilines is 1. The number of benzene rings is 1. The average Bonchev–Trinajstić information content (AvgIpc) is 3.46. The summed E-state index contributed by atoms with van der Waals surface area (Å²) in [5.74, 6) is 0.695. The summed E-state index contributed by atoms with van der Waals surface area (Å²) in [6.07, 6.45) is 2.64. The summed E-state index contributed by atoms with van der Waals surface area (Å²) >= 11 is 0. The molecule has 1 N–H and O–H groups in total. The number of nitrogens with one attached hydrogen (secondary N) is 1. The molecule has 2 aliphatic heterocycles. The number of amides is 1. The minimum absolute atomic E-state index is 0.105. The predicted molar refractivity (Wildman–Crippen MR) is 139 cm³/mol. The highest BCUT2D eigenvalue weighted by atomic mass is 19.1. The van der Waals surface area contributed by atoms with Gasteiger partial charge in [0.15, 0.2) is 17.2 Å². The molecule has 1 aromatic carbocycles. The van der Waals surface area contributed by atoms with E-state index in [4.69, 9.17) is 23.9 Å². The van der Waals surface area contributed by atoms with E-state index in [1.807, 2.05) is 11.8 Å². The third-order valence-corrected chi connectivity index (χ3v) is 6.37. The average molecular weight is 542 g/mol. The van der Waals surface area contributed by atoms with E-state index < -0.39 is 17.7 Å². The Hall–Kier alpha value is -4.09. The van der Waals surface area contributed by atoms with Gasteiger partial charge in [-0.15, -0.1) is 0 Å². The van der Waals surface area contributed by atoms with E-state index >= 15 is 0 Å². The zero-order valence-electron chi connectivity index (χ0n) is 22.6. The molecular formula is C27H32FN5O6. The first-order valence-electron chi connectivity index (χ1n) is 12.9. The first kappa shape index (κ1) is 26.5. The predicted octanol–water partition coefficient (Wildman–Crippen LogP) is 3.66. The third kappa shape index (κ3) is 5.55. The lowest BCUT2D eigenvalue weighted by molar-refractivity contribution is 0.0502. The highest BCUT2D eigenvalue weighted by Gasteiger charge is 2.32. The zero-order valence-corrected chi connectivity index (χ0v) is 22.6. The second-order valence-corrected chi connectivity index (χ2v) is 10.6. The van der Waals surface area contributed by atoms with Crippen LogP contribution in [0.2, 0.25) is 0 Å². The van der Waals surface area contributed by atoms with E-state index in [9.17, 15) is 14.0 Å². The van der Waals surface area contributed by atoms with Gasteiger partial charge in [0.2, 0.25) is 0 Å². The van der Waals surface area contributed by atoms with Crippen molar-refractivity contribution in [3.63, 3.8) is 0 Å². The number of esters is 1. The molecule has 208 valence electrons. The highest BCUT2D eigenvalue weighted by Crippen LogP contribution is 2.38. The van der Waals surface area contributed by atoms with Gasteiger partial charge in [-0.2, -0.15) is 5.10 Å². The van der Waals surface area contributed by atoms with Gasteiger partial charge in [-0.25, -0.2) is 23.5 Å². The van der Waals surface area contributed by atoms with Crippen LogP contribution in [0, 0.1) is 5.82 Å². The topological polar surface area (TPSA) is 117 Å². The molecule has 2 atom stereocenters. The van der Waals surface area contributed by atoms with Gasteiger partial charge < -0.3 is 29.2 Å². The van der Waals surface area contributed by atoms with Crippen LogP contribution in [0.4, 0.5) is 15.0 Å². The van der Waals surface area contributed by atoms with Crippen molar-refractivity contribution in [2.24, 2.45) is 0 Å². The molecule has 2 aliphatic rings. The lowest BCUT2D eigenvalue weighted by Gasteiger charge is -2.36. The minimum atomic E-state index is -0.612. The summed E-state index contributed by atoms with van der Waals surface area (Å²) in [4.78, 5) is 31.2. The number of ether oxygens (including phenoxy) is 4. The van der Waals surface area contributed by atoms with Gasteiger partial charge in [0.1, 0.15) is 35.4 Å². The van der Waals surface area contributed by atoms with E-state index in [0.29, 0.717) is 41.6 Å². The molecule has 1 unspecified atom stereocenters. The summed E-state index contributed by atoms with van der Waals surface area (Å²) in [7, 11) is 0. The van der Waals surface area contributed by atoms with E-state index in [1.165, 1.54) is 22.8 Å². The standard InChI is InChI=1S/C27H32FN5O6/c1-6-36-25(34)20-11-30-33-13-21-24(31-23(20)33)32(15(2)14-37-21)12-17-8-18(28)7-16-9-19(38-22(16)17)10-29-26(35)39-27(3,4)5/h7-8,11,13,15,19H,6,9-10,12,14H2,1-5H3,(H,29,35)/t15-,19?/m1/s1. The Morgan fingerprint density at radius 2 is 2.08 bits per heavy atom. The number of carbonyl (C=O) groups excluding carboxylic acids is 2. The highest BCUT2D eigenvalue weighted by molar-refractivity contribution is 5.96. The molecule has 0 saturated heterocycles.